The molecule has 3 rings (SSSR count). The molecule has 25 heavy (non-hydrogen) atoms. The van der Waals surface area contributed by atoms with Crippen molar-refractivity contribution in [2.45, 2.75) is 19.4 Å². The van der Waals surface area contributed by atoms with Crippen LogP contribution in [0.15, 0.2) is 54.6 Å². The number of aryl methyl sites for hydroxylation is 1. The van der Waals surface area contributed by atoms with E-state index >= 15 is 0 Å². The average molecular weight is 337 g/mol. The summed E-state index contributed by atoms with van der Waals surface area (Å²) in [5.41, 5.74) is 3.44. The second-order valence-electron chi connectivity index (χ2n) is 6.79. The topological polar surface area (TPSA) is 35.6 Å². The number of carbonyl (C=O) groups is 1. The van der Waals surface area contributed by atoms with Crippen LogP contribution in [0.2, 0.25) is 0 Å². The van der Waals surface area contributed by atoms with E-state index in [1.807, 2.05) is 35.2 Å². The predicted octanol–water partition coefficient (Wildman–Crippen LogP) is 3.43. The standard InChI is InChI=1S/C21H27N3O/c1-17-9-6-7-12-19(17)20(18-10-4-3-5-11-18)22-21(25)24-14-8-13-23(2)15-16-24/h3-7,9-12,20H,8,13-16H2,1-2H3,(H,22,25)/t20-/m0/s1. The van der Waals surface area contributed by atoms with Gasteiger partial charge in [-0.1, -0.05) is 54.6 Å². The molecular weight excluding hydrogens is 310 g/mol. The summed E-state index contributed by atoms with van der Waals surface area (Å²) in [6.07, 6.45) is 1.02. The second-order valence-corrected chi connectivity index (χ2v) is 6.79. The summed E-state index contributed by atoms with van der Waals surface area (Å²) in [7, 11) is 2.11. The van der Waals surface area contributed by atoms with E-state index in [0.29, 0.717) is 0 Å². The van der Waals surface area contributed by atoms with E-state index in [0.717, 1.165) is 43.7 Å². The maximum atomic E-state index is 12.9. The van der Waals surface area contributed by atoms with Crippen LogP contribution in [-0.4, -0.2) is 49.1 Å². The molecule has 4 heteroatoms. The summed E-state index contributed by atoms with van der Waals surface area (Å²) in [6.45, 7) is 5.65. The summed E-state index contributed by atoms with van der Waals surface area (Å²) in [4.78, 5) is 17.1. The SMILES string of the molecule is Cc1ccccc1[C@@H](NC(=O)N1CCCN(C)CC1)c1ccccc1. The van der Waals surface area contributed by atoms with Crippen LogP contribution in [0.1, 0.15) is 29.2 Å². The smallest absolute Gasteiger partial charge is 0.318 e. The third-order valence-electron chi connectivity index (χ3n) is 4.91. The number of likely N-dealkylation sites (N-methyl/N-ethyl adjacent to an activating group) is 1. The number of nitrogens with zero attached hydrogens (tertiary/aromatic N) is 2. The van der Waals surface area contributed by atoms with Gasteiger partial charge in [0.15, 0.2) is 0 Å². The van der Waals surface area contributed by atoms with Crippen molar-refractivity contribution < 1.29 is 4.79 Å². The van der Waals surface area contributed by atoms with E-state index in [1.165, 1.54) is 5.56 Å². The molecule has 1 heterocycles. The van der Waals surface area contributed by atoms with E-state index in [4.69, 9.17) is 0 Å². The van der Waals surface area contributed by atoms with Crippen molar-refractivity contribution in [2.24, 2.45) is 0 Å². The molecule has 2 aromatic rings. The first-order chi connectivity index (χ1) is 12.1. The van der Waals surface area contributed by atoms with Crippen LogP contribution in [0, 0.1) is 6.92 Å². The first-order valence-electron chi connectivity index (χ1n) is 8.99. The molecule has 1 saturated heterocycles. The van der Waals surface area contributed by atoms with Crippen LogP contribution in [-0.2, 0) is 0 Å². The van der Waals surface area contributed by atoms with Crippen molar-refractivity contribution >= 4 is 6.03 Å². The number of hydrogen-bond acceptors (Lipinski definition) is 2. The van der Waals surface area contributed by atoms with Gasteiger partial charge in [-0.25, -0.2) is 4.79 Å². The molecule has 132 valence electrons. The molecule has 0 unspecified atom stereocenters. The molecular formula is C21H27N3O. The molecule has 0 aromatic heterocycles. The molecule has 1 N–H and O–H groups in total. The first kappa shape index (κ1) is 17.5. The van der Waals surface area contributed by atoms with Gasteiger partial charge in [0.1, 0.15) is 0 Å². The lowest BCUT2D eigenvalue weighted by atomic mass is 9.95. The minimum Gasteiger partial charge on any atom is -0.327 e. The molecule has 0 bridgehead atoms. The zero-order chi connectivity index (χ0) is 17.6. The van der Waals surface area contributed by atoms with Crippen LogP contribution < -0.4 is 5.32 Å². The Bertz CT molecular complexity index is 701. The van der Waals surface area contributed by atoms with Gasteiger partial charge >= 0.3 is 6.03 Å². The molecule has 0 saturated carbocycles. The predicted molar refractivity (Wildman–Crippen MR) is 102 cm³/mol. The summed E-state index contributed by atoms with van der Waals surface area (Å²) in [5.74, 6) is 0. The van der Waals surface area contributed by atoms with Gasteiger partial charge in [-0.2, -0.15) is 0 Å². The summed E-state index contributed by atoms with van der Waals surface area (Å²) < 4.78 is 0. The number of benzene rings is 2. The fourth-order valence-electron chi connectivity index (χ4n) is 3.36. The van der Waals surface area contributed by atoms with E-state index < -0.39 is 0 Å². The lowest BCUT2D eigenvalue weighted by Gasteiger charge is -2.27. The Balaban J connectivity index is 1.83. The Morgan fingerprint density at radius 3 is 2.44 bits per heavy atom. The second kappa shape index (κ2) is 8.17. The van der Waals surface area contributed by atoms with E-state index in [2.05, 4.69) is 48.5 Å². The molecule has 0 aliphatic carbocycles. The minimum atomic E-state index is -0.129. The maximum Gasteiger partial charge on any atom is 0.318 e. The molecule has 1 fully saturated rings. The molecule has 2 aromatic carbocycles. The number of hydrogen-bond donors (Lipinski definition) is 1. The van der Waals surface area contributed by atoms with Crippen LogP contribution in [0.3, 0.4) is 0 Å². The lowest BCUT2D eigenvalue weighted by Crippen LogP contribution is -2.43. The van der Waals surface area contributed by atoms with Gasteiger partial charge in [0.2, 0.25) is 0 Å². The van der Waals surface area contributed by atoms with Crippen LogP contribution >= 0.6 is 0 Å². The highest BCUT2D eigenvalue weighted by Gasteiger charge is 2.23. The van der Waals surface area contributed by atoms with Crippen molar-refractivity contribution in [1.82, 2.24) is 15.1 Å². The van der Waals surface area contributed by atoms with Crippen LogP contribution in [0.4, 0.5) is 4.79 Å². The summed E-state index contributed by atoms with van der Waals surface area (Å²) >= 11 is 0. The lowest BCUT2D eigenvalue weighted by molar-refractivity contribution is 0.197. The zero-order valence-electron chi connectivity index (χ0n) is 15.1. The Morgan fingerprint density at radius 1 is 0.960 bits per heavy atom. The van der Waals surface area contributed by atoms with Crippen molar-refractivity contribution in [3.63, 3.8) is 0 Å². The zero-order valence-corrected chi connectivity index (χ0v) is 15.1. The number of nitrogens with one attached hydrogen (secondary N) is 1. The molecule has 2 amide bonds. The monoisotopic (exact) mass is 337 g/mol. The van der Waals surface area contributed by atoms with E-state index in [1.54, 1.807) is 0 Å². The fraction of sp³-hybridized carbons (Fsp3) is 0.381. The largest absolute Gasteiger partial charge is 0.327 e. The molecule has 1 aliphatic rings. The number of amides is 2. The van der Waals surface area contributed by atoms with Gasteiger partial charge in [0, 0.05) is 19.6 Å². The van der Waals surface area contributed by atoms with Gasteiger partial charge in [0.25, 0.3) is 0 Å². The van der Waals surface area contributed by atoms with Gasteiger partial charge in [-0.3, -0.25) is 0 Å². The van der Waals surface area contributed by atoms with Gasteiger partial charge < -0.3 is 15.1 Å². The van der Waals surface area contributed by atoms with E-state index in [-0.39, 0.29) is 12.1 Å². The normalized spacial score (nSPS) is 17.0. The van der Waals surface area contributed by atoms with Crippen molar-refractivity contribution in [2.75, 3.05) is 33.2 Å². The van der Waals surface area contributed by atoms with Gasteiger partial charge in [0.05, 0.1) is 6.04 Å². The molecule has 1 atom stereocenters. The van der Waals surface area contributed by atoms with E-state index in [9.17, 15) is 4.79 Å². The highest BCUT2D eigenvalue weighted by molar-refractivity contribution is 5.75. The Morgan fingerprint density at radius 2 is 1.68 bits per heavy atom. The number of urea groups is 1. The minimum absolute atomic E-state index is 0.0207. The molecule has 0 spiro atoms. The van der Waals surface area contributed by atoms with Crippen LogP contribution in [0.5, 0.6) is 0 Å². The molecule has 0 radical (unpaired) electrons. The molecule has 1 aliphatic heterocycles. The maximum absolute atomic E-state index is 12.9. The summed E-state index contributed by atoms with van der Waals surface area (Å²) in [6, 6.07) is 18.4. The first-order valence-corrected chi connectivity index (χ1v) is 8.99. The van der Waals surface area contributed by atoms with Crippen molar-refractivity contribution in [3.8, 4) is 0 Å². The Labute approximate surface area is 150 Å². The Hall–Kier alpha value is -2.33. The Kier molecular flexibility index (Phi) is 5.71. The average Bonchev–Trinajstić information content (AvgIpc) is 2.86. The third-order valence-corrected chi connectivity index (χ3v) is 4.91. The highest BCUT2D eigenvalue weighted by Crippen LogP contribution is 2.25. The van der Waals surface area contributed by atoms with Gasteiger partial charge in [-0.15, -0.1) is 0 Å². The summed E-state index contributed by atoms with van der Waals surface area (Å²) in [5, 5.41) is 3.27. The quantitative estimate of drug-likeness (QED) is 0.931. The molecule has 4 nitrogen and oxygen atoms in total. The third kappa shape index (κ3) is 4.40. The highest BCUT2D eigenvalue weighted by atomic mass is 16.2. The van der Waals surface area contributed by atoms with Gasteiger partial charge in [-0.05, 0) is 43.6 Å². The number of rotatable bonds is 3. The van der Waals surface area contributed by atoms with Crippen molar-refractivity contribution in [1.29, 1.82) is 0 Å². The van der Waals surface area contributed by atoms with Crippen LogP contribution in [0.25, 0.3) is 0 Å². The fourth-order valence-corrected chi connectivity index (χ4v) is 3.36. The number of carbonyl (C=O) groups excluding carboxylic acids is 1. The van der Waals surface area contributed by atoms with Crippen molar-refractivity contribution in [3.05, 3.63) is 71.3 Å².